The van der Waals surface area contributed by atoms with Gasteiger partial charge in [-0.3, -0.25) is 4.79 Å². The van der Waals surface area contributed by atoms with Crippen molar-refractivity contribution in [2.24, 2.45) is 0 Å². The van der Waals surface area contributed by atoms with Crippen LogP contribution < -0.4 is 10.2 Å². The summed E-state index contributed by atoms with van der Waals surface area (Å²) < 4.78 is 40.8. The van der Waals surface area contributed by atoms with Gasteiger partial charge < -0.3 is 19.7 Å². The molecule has 32 heavy (non-hydrogen) atoms. The molecule has 3 aromatic rings. The highest BCUT2D eigenvalue weighted by atomic mass is 32.1. The molecule has 170 valence electrons. The van der Waals surface area contributed by atoms with Crippen LogP contribution in [0.25, 0.3) is 10.1 Å². The van der Waals surface area contributed by atoms with Gasteiger partial charge in [0, 0.05) is 42.4 Å². The number of halogens is 2. The SMILES string of the molecule is COCc1c(C(=O)NCc2ccc(N3CC(C)OC(C)C3)c(F)c2)sc2cccc(F)c12. The summed E-state index contributed by atoms with van der Waals surface area (Å²) in [5.74, 6) is -1.05. The number of anilines is 1. The van der Waals surface area contributed by atoms with E-state index in [4.69, 9.17) is 9.47 Å². The fourth-order valence-corrected chi connectivity index (χ4v) is 5.33. The van der Waals surface area contributed by atoms with Gasteiger partial charge >= 0.3 is 0 Å². The van der Waals surface area contributed by atoms with Crippen LogP contribution in [0.3, 0.4) is 0 Å². The number of benzene rings is 2. The van der Waals surface area contributed by atoms with E-state index >= 15 is 0 Å². The van der Waals surface area contributed by atoms with Crippen LogP contribution in [-0.4, -0.2) is 38.3 Å². The largest absolute Gasteiger partial charge is 0.380 e. The minimum Gasteiger partial charge on any atom is -0.380 e. The summed E-state index contributed by atoms with van der Waals surface area (Å²) in [6, 6.07) is 9.77. The predicted molar refractivity (Wildman–Crippen MR) is 122 cm³/mol. The normalized spacial score (nSPS) is 18.8. The topological polar surface area (TPSA) is 50.8 Å². The quantitative estimate of drug-likeness (QED) is 0.570. The lowest BCUT2D eigenvalue weighted by Gasteiger charge is -2.37. The average molecular weight is 461 g/mol. The first-order valence-corrected chi connectivity index (χ1v) is 11.3. The van der Waals surface area contributed by atoms with Crippen LogP contribution in [0.5, 0.6) is 0 Å². The monoisotopic (exact) mass is 460 g/mol. The number of amides is 1. The lowest BCUT2D eigenvalue weighted by Crippen LogP contribution is -2.45. The molecule has 5 nitrogen and oxygen atoms in total. The molecule has 1 fully saturated rings. The molecular formula is C24H26F2N2O3S. The Balaban J connectivity index is 1.49. The highest BCUT2D eigenvalue weighted by Gasteiger charge is 2.24. The molecule has 0 saturated carbocycles. The fraction of sp³-hybridized carbons (Fsp3) is 0.375. The van der Waals surface area contributed by atoms with Gasteiger partial charge in [-0.05, 0) is 43.7 Å². The number of carbonyl (C=O) groups is 1. The summed E-state index contributed by atoms with van der Waals surface area (Å²) in [7, 11) is 1.51. The van der Waals surface area contributed by atoms with Crippen molar-refractivity contribution in [3.05, 3.63) is 64.0 Å². The lowest BCUT2D eigenvalue weighted by molar-refractivity contribution is -0.00539. The van der Waals surface area contributed by atoms with Gasteiger partial charge in [-0.1, -0.05) is 12.1 Å². The highest BCUT2D eigenvalue weighted by molar-refractivity contribution is 7.21. The van der Waals surface area contributed by atoms with Crippen molar-refractivity contribution in [1.82, 2.24) is 5.32 Å². The first-order chi connectivity index (χ1) is 15.4. The van der Waals surface area contributed by atoms with E-state index in [1.807, 2.05) is 24.8 Å². The molecule has 8 heteroatoms. The van der Waals surface area contributed by atoms with Gasteiger partial charge in [0.05, 0.1) is 29.4 Å². The van der Waals surface area contributed by atoms with Crippen molar-refractivity contribution in [3.8, 4) is 0 Å². The van der Waals surface area contributed by atoms with E-state index < -0.39 is 0 Å². The van der Waals surface area contributed by atoms with Crippen molar-refractivity contribution in [2.75, 3.05) is 25.1 Å². The summed E-state index contributed by atoms with van der Waals surface area (Å²) in [4.78, 5) is 15.3. The molecule has 1 amide bonds. The second kappa shape index (κ2) is 9.52. The van der Waals surface area contributed by atoms with E-state index in [2.05, 4.69) is 5.32 Å². The minimum atomic E-state index is -0.380. The third-order valence-corrected chi connectivity index (χ3v) is 6.68. The van der Waals surface area contributed by atoms with Crippen molar-refractivity contribution in [3.63, 3.8) is 0 Å². The number of thiophene rings is 1. The van der Waals surface area contributed by atoms with Gasteiger partial charge in [-0.25, -0.2) is 8.78 Å². The Morgan fingerprint density at radius 1 is 1.19 bits per heavy atom. The zero-order valence-electron chi connectivity index (χ0n) is 18.3. The molecule has 2 unspecified atom stereocenters. The van der Waals surface area contributed by atoms with Gasteiger partial charge in [-0.2, -0.15) is 0 Å². The molecule has 0 spiro atoms. The highest BCUT2D eigenvalue weighted by Crippen LogP contribution is 2.34. The fourth-order valence-electron chi connectivity index (χ4n) is 4.19. The smallest absolute Gasteiger partial charge is 0.262 e. The number of nitrogens with one attached hydrogen (secondary N) is 1. The van der Waals surface area contributed by atoms with Crippen molar-refractivity contribution >= 4 is 33.0 Å². The number of hydrogen-bond acceptors (Lipinski definition) is 5. The lowest BCUT2D eigenvalue weighted by atomic mass is 10.1. The summed E-state index contributed by atoms with van der Waals surface area (Å²) >= 11 is 1.22. The molecule has 1 aromatic heterocycles. The molecule has 0 bridgehead atoms. The Morgan fingerprint density at radius 3 is 2.62 bits per heavy atom. The Labute approximate surface area is 189 Å². The van der Waals surface area contributed by atoms with Gasteiger partial charge in [0.2, 0.25) is 0 Å². The second-order valence-corrected chi connectivity index (χ2v) is 9.14. The summed E-state index contributed by atoms with van der Waals surface area (Å²) in [6.07, 6.45) is 0.0640. The Bertz CT molecular complexity index is 1120. The molecule has 0 radical (unpaired) electrons. The van der Waals surface area contributed by atoms with Crippen molar-refractivity contribution in [1.29, 1.82) is 0 Å². The molecule has 2 heterocycles. The zero-order chi connectivity index (χ0) is 22.8. The number of fused-ring (bicyclic) bond motifs is 1. The average Bonchev–Trinajstić information content (AvgIpc) is 3.11. The molecule has 1 N–H and O–H groups in total. The van der Waals surface area contributed by atoms with Gasteiger partial charge in [0.25, 0.3) is 5.91 Å². The van der Waals surface area contributed by atoms with Crippen LogP contribution in [0.1, 0.15) is 34.6 Å². The summed E-state index contributed by atoms with van der Waals surface area (Å²) in [5, 5.41) is 3.24. The Kier molecular flexibility index (Phi) is 6.74. The maximum Gasteiger partial charge on any atom is 0.262 e. The number of carbonyl (C=O) groups excluding carboxylic acids is 1. The Morgan fingerprint density at radius 2 is 1.94 bits per heavy atom. The predicted octanol–water partition coefficient (Wildman–Crippen LogP) is 4.87. The van der Waals surface area contributed by atoms with Gasteiger partial charge in [0.15, 0.2) is 0 Å². The molecule has 1 aliphatic heterocycles. The third kappa shape index (κ3) is 4.62. The van der Waals surface area contributed by atoms with Crippen LogP contribution in [0.2, 0.25) is 0 Å². The second-order valence-electron chi connectivity index (χ2n) is 8.09. The molecule has 2 atom stereocenters. The number of hydrogen-bond donors (Lipinski definition) is 1. The van der Waals surface area contributed by atoms with E-state index in [1.165, 1.54) is 30.6 Å². The van der Waals surface area contributed by atoms with Crippen LogP contribution in [0, 0.1) is 11.6 Å². The van der Waals surface area contributed by atoms with Crippen LogP contribution in [-0.2, 0) is 22.6 Å². The number of rotatable bonds is 6. The number of ether oxygens (including phenoxy) is 2. The van der Waals surface area contributed by atoms with E-state index in [-0.39, 0.29) is 42.9 Å². The molecule has 1 aliphatic rings. The number of methoxy groups -OCH3 is 1. The first-order valence-electron chi connectivity index (χ1n) is 10.5. The van der Waals surface area contributed by atoms with E-state index in [0.717, 1.165) is 0 Å². The number of morpholine rings is 1. The molecular weight excluding hydrogens is 434 g/mol. The molecule has 0 aliphatic carbocycles. The molecule has 2 aromatic carbocycles. The van der Waals surface area contributed by atoms with E-state index in [0.29, 0.717) is 44.9 Å². The third-order valence-electron chi connectivity index (χ3n) is 5.48. The van der Waals surface area contributed by atoms with Crippen LogP contribution >= 0.6 is 11.3 Å². The van der Waals surface area contributed by atoms with E-state index in [1.54, 1.807) is 18.2 Å². The van der Waals surface area contributed by atoms with Gasteiger partial charge in [-0.15, -0.1) is 11.3 Å². The van der Waals surface area contributed by atoms with Gasteiger partial charge in [0.1, 0.15) is 11.6 Å². The van der Waals surface area contributed by atoms with Crippen LogP contribution in [0.4, 0.5) is 14.5 Å². The number of nitrogens with zero attached hydrogens (tertiary/aromatic N) is 1. The summed E-state index contributed by atoms with van der Waals surface area (Å²) in [6.45, 7) is 5.49. The maximum absolute atomic E-state index is 14.8. The first kappa shape index (κ1) is 22.6. The van der Waals surface area contributed by atoms with E-state index in [9.17, 15) is 13.6 Å². The Hall–Kier alpha value is -2.55. The van der Waals surface area contributed by atoms with Crippen molar-refractivity contribution in [2.45, 2.75) is 39.2 Å². The maximum atomic E-state index is 14.8. The molecule has 4 rings (SSSR count). The van der Waals surface area contributed by atoms with Crippen LogP contribution in [0.15, 0.2) is 36.4 Å². The van der Waals surface area contributed by atoms with Crippen molar-refractivity contribution < 1.29 is 23.0 Å². The zero-order valence-corrected chi connectivity index (χ0v) is 19.1. The standard InChI is InChI=1S/C24H26F2N2O3S/c1-14-11-28(12-15(2)31-14)20-8-7-16(9-19(20)26)10-27-24(29)23-17(13-30-3)22-18(25)5-4-6-21(22)32-23/h4-9,14-15H,10-13H2,1-3H3,(H,27,29). The minimum absolute atomic E-state index is 0.0320. The molecule has 1 saturated heterocycles. The summed E-state index contributed by atoms with van der Waals surface area (Å²) in [5.41, 5.74) is 1.71.